The van der Waals surface area contributed by atoms with Crippen LogP contribution >= 0.6 is 0 Å². The number of nitrogens with one attached hydrogen (secondary N) is 1. The number of carbonyl (C=O) groups excluding carboxylic acids is 4. The lowest BCUT2D eigenvalue weighted by Crippen LogP contribution is -2.53. The lowest BCUT2D eigenvalue weighted by Gasteiger charge is -2.35. The molecule has 1 atom stereocenters. The van der Waals surface area contributed by atoms with Gasteiger partial charge < -0.3 is 15.0 Å². The molecule has 1 N–H and O–H groups in total. The number of carbonyl (C=O) groups is 4. The number of ether oxygens (including phenoxy) is 1. The standard InChI is InChI=1S/C21H27N3O5/c1-3-4-13-29-21(28)22-15-9-11-23(12-10-15)18(25)14(2)24-19(26)16-7-5-6-8-17(16)20(24)27/h5-8,14-15H,3-4,9-13H2,1-2H3,(H,22,28). The highest BCUT2D eigenvalue weighted by atomic mass is 16.5. The number of rotatable bonds is 6. The lowest BCUT2D eigenvalue weighted by atomic mass is 10.0. The summed E-state index contributed by atoms with van der Waals surface area (Å²) in [5, 5.41) is 2.83. The van der Waals surface area contributed by atoms with Gasteiger partial charge in [-0.05, 0) is 38.3 Å². The Morgan fingerprint density at radius 3 is 2.28 bits per heavy atom. The van der Waals surface area contributed by atoms with E-state index in [0.29, 0.717) is 43.7 Å². The van der Waals surface area contributed by atoms with Crippen LogP contribution in [0.15, 0.2) is 24.3 Å². The second-order valence-corrected chi connectivity index (χ2v) is 7.44. The van der Waals surface area contributed by atoms with Crippen molar-refractivity contribution < 1.29 is 23.9 Å². The van der Waals surface area contributed by atoms with E-state index in [9.17, 15) is 19.2 Å². The van der Waals surface area contributed by atoms with Crippen molar-refractivity contribution in [2.75, 3.05) is 19.7 Å². The number of unbranched alkanes of at least 4 members (excludes halogenated alkanes) is 1. The molecule has 1 aromatic rings. The molecule has 0 saturated carbocycles. The van der Waals surface area contributed by atoms with Gasteiger partial charge in [-0.2, -0.15) is 0 Å². The maximum atomic E-state index is 12.9. The summed E-state index contributed by atoms with van der Waals surface area (Å²) >= 11 is 0. The SMILES string of the molecule is CCCCOC(=O)NC1CCN(C(=O)C(C)N2C(=O)c3ccccc3C2=O)CC1. The number of piperidine rings is 1. The summed E-state index contributed by atoms with van der Waals surface area (Å²) in [5.41, 5.74) is 0.670. The lowest BCUT2D eigenvalue weighted by molar-refractivity contribution is -0.136. The van der Waals surface area contributed by atoms with Gasteiger partial charge in [0.1, 0.15) is 6.04 Å². The normalized spacial score (nSPS) is 17.9. The minimum absolute atomic E-state index is 0.0530. The summed E-state index contributed by atoms with van der Waals surface area (Å²) in [4.78, 5) is 52.5. The number of hydrogen-bond acceptors (Lipinski definition) is 5. The molecule has 8 heteroatoms. The van der Waals surface area contributed by atoms with Gasteiger partial charge in [0.05, 0.1) is 17.7 Å². The third kappa shape index (κ3) is 4.41. The molecule has 8 nitrogen and oxygen atoms in total. The molecule has 1 fully saturated rings. The van der Waals surface area contributed by atoms with Crippen molar-refractivity contribution in [1.29, 1.82) is 0 Å². The topological polar surface area (TPSA) is 96.0 Å². The van der Waals surface area contributed by atoms with Crippen LogP contribution in [0.3, 0.4) is 0 Å². The first-order valence-corrected chi connectivity index (χ1v) is 10.1. The van der Waals surface area contributed by atoms with Crippen LogP contribution in [-0.2, 0) is 9.53 Å². The molecular formula is C21H27N3O5. The van der Waals surface area contributed by atoms with Crippen molar-refractivity contribution in [3.8, 4) is 0 Å². The third-order valence-corrected chi connectivity index (χ3v) is 5.43. The summed E-state index contributed by atoms with van der Waals surface area (Å²) in [6.45, 7) is 4.91. The molecule has 1 aromatic carbocycles. The zero-order valence-corrected chi connectivity index (χ0v) is 16.8. The van der Waals surface area contributed by atoms with Crippen LogP contribution in [-0.4, -0.2) is 65.4 Å². The zero-order valence-electron chi connectivity index (χ0n) is 16.8. The van der Waals surface area contributed by atoms with Crippen LogP contribution in [0.1, 0.15) is 60.2 Å². The van der Waals surface area contributed by atoms with E-state index in [1.807, 2.05) is 6.92 Å². The fraction of sp³-hybridized carbons (Fsp3) is 0.524. The van der Waals surface area contributed by atoms with E-state index >= 15 is 0 Å². The predicted octanol–water partition coefficient (Wildman–Crippen LogP) is 2.19. The summed E-state index contributed by atoms with van der Waals surface area (Å²) in [5.74, 6) is -1.13. The van der Waals surface area contributed by atoms with Gasteiger partial charge in [-0.3, -0.25) is 19.3 Å². The van der Waals surface area contributed by atoms with E-state index in [1.54, 1.807) is 36.1 Å². The minimum Gasteiger partial charge on any atom is -0.450 e. The molecule has 3 rings (SSSR count). The van der Waals surface area contributed by atoms with Gasteiger partial charge in [0.2, 0.25) is 5.91 Å². The van der Waals surface area contributed by atoms with Gasteiger partial charge in [0.15, 0.2) is 0 Å². The van der Waals surface area contributed by atoms with Gasteiger partial charge in [-0.1, -0.05) is 25.5 Å². The van der Waals surface area contributed by atoms with Crippen molar-refractivity contribution in [3.05, 3.63) is 35.4 Å². The number of fused-ring (bicyclic) bond motifs is 1. The van der Waals surface area contributed by atoms with Gasteiger partial charge in [0.25, 0.3) is 11.8 Å². The average molecular weight is 401 g/mol. The molecular weight excluding hydrogens is 374 g/mol. The highest BCUT2D eigenvalue weighted by Gasteiger charge is 2.42. The number of likely N-dealkylation sites (tertiary alicyclic amines) is 1. The van der Waals surface area contributed by atoms with Gasteiger partial charge >= 0.3 is 6.09 Å². The first-order chi connectivity index (χ1) is 13.9. The van der Waals surface area contributed by atoms with Crippen molar-refractivity contribution in [3.63, 3.8) is 0 Å². The number of benzene rings is 1. The molecule has 1 unspecified atom stereocenters. The van der Waals surface area contributed by atoms with E-state index < -0.39 is 23.9 Å². The molecule has 156 valence electrons. The van der Waals surface area contributed by atoms with E-state index in [-0.39, 0.29) is 11.9 Å². The predicted molar refractivity (Wildman–Crippen MR) is 105 cm³/mol. The number of nitrogens with zero attached hydrogens (tertiary/aromatic N) is 2. The fourth-order valence-electron chi connectivity index (χ4n) is 3.70. The Bertz CT molecular complexity index is 766. The number of alkyl carbamates (subject to hydrolysis) is 1. The second kappa shape index (κ2) is 9.07. The summed E-state index contributed by atoms with van der Waals surface area (Å²) in [6, 6.07) is 5.68. The van der Waals surface area contributed by atoms with E-state index in [2.05, 4.69) is 5.32 Å². The number of hydrogen-bond donors (Lipinski definition) is 1. The highest BCUT2D eigenvalue weighted by molar-refractivity contribution is 6.22. The van der Waals surface area contributed by atoms with Crippen LogP contribution in [0, 0.1) is 0 Å². The van der Waals surface area contributed by atoms with Crippen molar-refractivity contribution in [2.45, 2.75) is 51.6 Å². The summed E-state index contributed by atoms with van der Waals surface area (Å²) < 4.78 is 5.11. The molecule has 2 aliphatic heterocycles. The Morgan fingerprint density at radius 1 is 1.14 bits per heavy atom. The van der Waals surface area contributed by atoms with Gasteiger partial charge in [0, 0.05) is 19.1 Å². The van der Waals surface area contributed by atoms with E-state index in [4.69, 9.17) is 4.74 Å². The van der Waals surface area contributed by atoms with E-state index in [1.165, 1.54) is 0 Å². The molecule has 0 spiro atoms. The Morgan fingerprint density at radius 2 is 1.72 bits per heavy atom. The van der Waals surface area contributed by atoms with Crippen molar-refractivity contribution >= 4 is 23.8 Å². The Hall–Kier alpha value is -2.90. The molecule has 0 aliphatic carbocycles. The largest absolute Gasteiger partial charge is 0.450 e. The molecule has 2 heterocycles. The average Bonchev–Trinajstić information content (AvgIpc) is 2.98. The van der Waals surface area contributed by atoms with E-state index in [0.717, 1.165) is 17.7 Å². The monoisotopic (exact) mass is 401 g/mol. The Labute approximate surface area is 170 Å². The number of amides is 4. The summed E-state index contributed by atoms with van der Waals surface area (Å²) in [7, 11) is 0. The van der Waals surface area contributed by atoms with Crippen LogP contribution in [0.25, 0.3) is 0 Å². The Kier molecular flexibility index (Phi) is 6.51. The Balaban J connectivity index is 1.53. The molecule has 29 heavy (non-hydrogen) atoms. The van der Waals surface area contributed by atoms with Crippen LogP contribution in [0.4, 0.5) is 4.79 Å². The summed E-state index contributed by atoms with van der Waals surface area (Å²) in [6.07, 6.45) is 2.56. The molecule has 2 aliphatic rings. The fourth-order valence-corrected chi connectivity index (χ4v) is 3.70. The molecule has 0 radical (unpaired) electrons. The van der Waals surface area contributed by atoms with Crippen molar-refractivity contribution in [1.82, 2.24) is 15.1 Å². The quantitative estimate of drug-likeness (QED) is 0.582. The molecule has 0 aromatic heterocycles. The maximum absolute atomic E-state index is 12.9. The van der Waals surface area contributed by atoms with Crippen LogP contribution < -0.4 is 5.32 Å². The maximum Gasteiger partial charge on any atom is 0.407 e. The van der Waals surface area contributed by atoms with Gasteiger partial charge in [-0.15, -0.1) is 0 Å². The minimum atomic E-state index is -0.870. The third-order valence-electron chi connectivity index (χ3n) is 5.43. The smallest absolute Gasteiger partial charge is 0.407 e. The molecule has 4 amide bonds. The number of imide groups is 1. The molecule has 1 saturated heterocycles. The first-order valence-electron chi connectivity index (χ1n) is 10.1. The van der Waals surface area contributed by atoms with Crippen LogP contribution in [0.2, 0.25) is 0 Å². The van der Waals surface area contributed by atoms with Crippen molar-refractivity contribution in [2.24, 2.45) is 0 Å². The van der Waals surface area contributed by atoms with Crippen LogP contribution in [0.5, 0.6) is 0 Å². The van der Waals surface area contributed by atoms with Gasteiger partial charge in [-0.25, -0.2) is 4.79 Å². The first kappa shape index (κ1) is 20.8. The zero-order chi connectivity index (χ0) is 21.0. The molecule has 0 bridgehead atoms. The highest BCUT2D eigenvalue weighted by Crippen LogP contribution is 2.25. The second-order valence-electron chi connectivity index (χ2n) is 7.44.